The topological polar surface area (TPSA) is 9.23 Å². The SMILES string of the molecule is Fc1ccc(/C=C/COc2ccccc2)cc1. The van der Waals surface area contributed by atoms with Crippen molar-refractivity contribution in [2.75, 3.05) is 6.61 Å². The van der Waals surface area contributed by atoms with E-state index in [4.69, 9.17) is 4.74 Å². The molecule has 2 rings (SSSR count). The highest BCUT2D eigenvalue weighted by Gasteiger charge is 1.90. The molecule has 0 aliphatic rings. The number of halogens is 1. The van der Waals surface area contributed by atoms with Gasteiger partial charge in [-0.2, -0.15) is 0 Å². The summed E-state index contributed by atoms with van der Waals surface area (Å²) in [6.45, 7) is 0.501. The fourth-order valence-corrected chi connectivity index (χ4v) is 1.42. The van der Waals surface area contributed by atoms with Gasteiger partial charge in [0.1, 0.15) is 18.2 Å². The van der Waals surface area contributed by atoms with Crippen LogP contribution in [-0.4, -0.2) is 6.61 Å². The van der Waals surface area contributed by atoms with Gasteiger partial charge in [0.15, 0.2) is 0 Å². The van der Waals surface area contributed by atoms with E-state index in [9.17, 15) is 4.39 Å². The summed E-state index contributed by atoms with van der Waals surface area (Å²) >= 11 is 0. The fourth-order valence-electron chi connectivity index (χ4n) is 1.42. The van der Waals surface area contributed by atoms with Gasteiger partial charge in [-0.3, -0.25) is 0 Å². The van der Waals surface area contributed by atoms with Gasteiger partial charge in [0, 0.05) is 0 Å². The first-order valence-electron chi connectivity index (χ1n) is 5.44. The van der Waals surface area contributed by atoms with Crippen molar-refractivity contribution in [2.24, 2.45) is 0 Å². The van der Waals surface area contributed by atoms with Crippen LogP contribution in [-0.2, 0) is 0 Å². The van der Waals surface area contributed by atoms with Gasteiger partial charge in [-0.05, 0) is 35.9 Å². The van der Waals surface area contributed by atoms with E-state index in [2.05, 4.69) is 0 Å². The first-order chi connectivity index (χ1) is 8.34. The molecule has 2 aromatic carbocycles. The summed E-state index contributed by atoms with van der Waals surface area (Å²) in [6.07, 6.45) is 3.81. The van der Waals surface area contributed by atoms with Crippen molar-refractivity contribution in [1.82, 2.24) is 0 Å². The van der Waals surface area contributed by atoms with E-state index < -0.39 is 0 Å². The summed E-state index contributed by atoms with van der Waals surface area (Å²) in [6, 6.07) is 16.0. The van der Waals surface area contributed by atoms with Crippen molar-refractivity contribution >= 4 is 6.08 Å². The lowest BCUT2D eigenvalue weighted by Gasteiger charge is -2.01. The fraction of sp³-hybridized carbons (Fsp3) is 0.0667. The zero-order chi connectivity index (χ0) is 11.9. The molecule has 0 radical (unpaired) electrons. The maximum absolute atomic E-state index is 12.6. The number of benzene rings is 2. The van der Waals surface area contributed by atoms with Crippen molar-refractivity contribution in [3.05, 3.63) is 72.1 Å². The van der Waals surface area contributed by atoms with Crippen molar-refractivity contribution in [3.8, 4) is 5.75 Å². The maximum atomic E-state index is 12.6. The Morgan fingerprint density at radius 1 is 0.941 bits per heavy atom. The Kier molecular flexibility index (Phi) is 3.92. The molecular formula is C15H13FO. The molecule has 0 atom stereocenters. The molecule has 0 N–H and O–H groups in total. The van der Waals surface area contributed by atoms with Gasteiger partial charge in [0.05, 0.1) is 0 Å². The van der Waals surface area contributed by atoms with Crippen LogP contribution >= 0.6 is 0 Å². The second-order valence-corrected chi connectivity index (χ2v) is 3.58. The quantitative estimate of drug-likeness (QED) is 0.770. The summed E-state index contributed by atoms with van der Waals surface area (Å²) in [5, 5.41) is 0. The Labute approximate surface area is 100 Å². The van der Waals surface area contributed by atoms with Gasteiger partial charge in [-0.25, -0.2) is 4.39 Å². The molecule has 0 amide bonds. The van der Waals surface area contributed by atoms with E-state index in [1.165, 1.54) is 12.1 Å². The Hall–Kier alpha value is -2.09. The highest BCUT2D eigenvalue weighted by molar-refractivity contribution is 5.48. The van der Waals surface area contributed by atoms with Crippen LogP contribution in [0.2, 0.25) is 0 Å². The second kappa shape index (κ2) is 5.85. The molecule has 0 bridgehead atoms. The van der Waals surface area contributed by atoms with Crippen molar-refractivity contribution in [3.63, 3.8) is 0 Å². The third-order valence-corrected chi connectivity index (χ3v) is 2.27. The standard InChI is InChI=1S/C15H13FO/c16-14-10-8-13(9-11-14)5-4-12-17-15-6-2-1-3-7-15/h1-11H,12H2/b5-4+. The Bertz CT molecular complexity index is 474. The van der Waals surface area contributed by atoms with E-state index in [1.807, 2.05) is 42.5 Å². The molecule has 0 saturated carbocycles. The highest BCUT2D eigenvalue weighted by Crippen LogP contribution is 2.09. The predicted octanol–water partition coefficient (Wildman–Crippen LogP) is 3.92. The minimum Gasteiger partial charge on any atom is -0.490 e. The average Bonchev–Trinajstić information content (AvgIpc) is 2.38. The van der Waals surface area contributed by atoms with Gasteiger partial charge in [0.25, 0.3) is 0 Å². The van der Waals surface area contributed by atoms with Crippen LogP contribution in [0.3, 0.4) is 0 Å². The molecule has 0 saturated heterocycles. The van der Waals surface area contributed by atoms with E-state index in [1.54, 1.807) is 12.1 Å². The van der Waals surface area contributed by atoms with Crippen molar-refractivity contribution < 1.29 is 9.13 Å². The molecule has 0 aromatic heterocycles. The third kappa shape index (κ3) is 3.76. The lowest BCUT2D eigenvalue weighted by Crippen LogP contribution is -1.92. The molecule has 17 heavy (non-hydrogen) atoms. The molecule has 0 aliphatic heterocycles. The first kappa shape index (κ1) is 11.4. The first-order valence-corrected chi connectivity index (χ1v) is 5.44. The Morgan fingerprint density at radius 2 is 1.65 bits per heavy atom. The van der Waals surface area contributed by atoms with Crippen LogP contribution < -0.4 is 4.74 Å². The Morgan fingerprint density at radius 3 is 2.35 bits per heavy atom. The second-order valence-electron chi connectivity index (χ2n) is 3.58. The lowest BCUT2D eigenvalue weighted by atomic mass is 10.2. The number of hydrogen-bond acceptors (Lipinski definition) is 1. The zero-order valence-corrected chi connectivity index (χ0v) is 9.34. The molecule has 2 aromatic rings. The van der Waals surface area contributed by atoms with E-state index in [-0.39, 0.29) is 5.82 Å². The predicted molar refractivity (Wildman–Crippen MR) is 67.4 cm³/mol. The van der Waals surface area contributed by atoms with Gasteiger partial charge >= 0.3 is 0 Å². The molecule has 86 valence electrons. The van der Waals surface area contributed by atoms with Crippen LogP contribution in [0.15, 0.2) is 60.7 Å². The number of para-hydroxylation sites is 1. The van der Waals surface area contributed by atoms with Gasteiger partial charge in [-0.1, -0.05) is 36.4 Å². The van der Waals surface area contributed by atoms with Crippen molar-refractivity contribution in [1.29, 1.82) is 0 Å². The number of ether oxygens (including phenoxy) is 1. The largest absolute Gasteiger partial charge is 0.490 e. The summed E-state index contributed by atoms with van der Waals surface area (Å²) in [5.74, 6) is 0.624. The van der Waals surface area contributed by atoms with E-state index >= 15 is 0 Å². The molecule has 0 fully saturated rings. The molecule has 1 nitrogen and oxygen atoms in total. The Balaban J connectivity index is 1.84. The van der Waals surface area contributed by atoms with Crippen LogP contribution in [0.1, 0.15) is 5.56 Å². The number of hydrogen-bond donors (Lipinski definition) is 0. The van der Waals surface area contributed by atoms with Gasteiger partial charge in [-0.15, -0.1) is 0 Å². The maximum Gasteiger partial charge on any atom is 0.123 e. The number of rotatable bonds is 4. The molecule has 0 heterocycles. The van der Waals surface area contributed by atoms with Gasteiger partial charge < -0.3 is 4.74 Å². The lowest BCUT2D eigenvalue weighted by molar-refractivity contribution is 0.363. The molecule has 0 unspecified atom stereocenters. The van der Waals surface area contributed by atoms with Crippen LogP contribution in [0.25, 0.3) is 6.08 Å². The average molecular weight is 228 g/mol. The van der Waals surface area contributed by atoms with Gasteiger partial charge in [0.2, 0.25) is 0 Å². The zero-order valence-electron chi connectivity index (χ0n) is 9.34. The summed E-state index contributed by atoms with van der Waals surface area (Å²) in [4.78, 5) is 0. The minimum atomic E-state index is -0.220. The normalized spacial score (nSPS) is 10.6. The molecule has 0 aliphatic carbocycles. The summed E-state index contributed by atoms with van der Waals surface area (Å²) in [5.41, 5.74) is 0.961. The van der Waals surface area contributed by atoms with E-state index in [0.29, 0.717) is 6.61 Å². The highest BCUT2D eigenvalue weighted by atomic mass is 19.1. The minimum absolute atomic E-state index is 0.220. The van der Waals surface area contributed by atoms with Crippen LogP contribution in [0.5, 0.6) is 5.75 Å². The smallest absolute Gasteiger partial charge is 0.123 e. The summed E-state index contributed by atoms with van der Waals surface area (Å²) < 4.78 is 18.1. The third-order valence-electron chi connectivity index (χ3n) is 2.27. The molecule has 2 heteroatoms. The van der Waals surface area contributed by atoms with Crippen molar-refractivity contribution in [2.45, 2.75) is 0 Å². The molecule has 0 spiro atoms. The van der Waals surface area contributed by atoms with Crippen LogP contribution in [0, 0.1) is 5.82 Å². The van der Waals surface area contributed by atoms with E-state index in [0.717, 1.165) is 11.3 Å². The monoisotopic (exact) mass is 228 g/mol. The molecular weight excluding hydrogens is 215 g/mol. The van der Waals surface area contributed by atoms with Crippen LogP contribution in [0.4, 0.5) is 4.39 Å². The summed E-state index contributed by atoms with van der Waals surface area (Å²) in [7, 11) is 0.